The fourth-order valence-corrected chi connectivity index (χ4v) is 4.49. The van der Waals surface area contributed by atoms with Crippen LogP contribution in [0.3, 0.4) is 0 Å². The first-order chi connectivity index (χ1) is 17.6. The van der Waals surface area contributed by atoms with Crippen LogP contribution in [0.2, 0.25) is 0 Å². The predicted octanol–water partition coefficient (Wildman–Crippen LogP) is 5.54. The summed E-state index contributed by atoms with van der Waals surface area (Å²) in [6, 6.07) is 25.6. The van der Waals surface area contributed by atoms with E-state index in [0.717, 1.165) is 27.3 Å². The SMILES string of the molecule is O=C(N[C@@H](Cc1ccccc1)C(=O)Nc1ccc(-c2cn3ccsc3n2)cc1)OCc1ccccc1. The van der Waals surface area contributed by atoms with E-state index in [-0.39, 0.29) is 12.5 Å². The fourth-order valence-electron chi connectivity index (χ4n) is 3.79. The first kappa shape index (κ1) is 23.3. The molecule has 2 aromatic heterocycles. The van der Waals surface area contributed by atoms with Gasteiger partial charge in [0.2, 0.25) is 5.91 Å². The van der Waals surface area contributed by atoms with Gasteiger partial charge in [-0.3, -0.25) is 9.20 Å². The molecule has 2 amide bonds. The van der Waals surface area contributed by atoms with Crippen LogP contribution in [0.5, 0.6) is 0 Å². The first-order valence-electron chi connectivity index (χ1n) is 11.5. The van der Waals surface area contributed by atoms with Crippen molar-refractivity contribution in [1.29, 1.82) is 0 Å². The van der Waals surface area contributed by atoms with Gasteiger partial charge >= 0.3 is 6.09 Å². The highest BCUT2D eigenvalue weighted by molar-refractivity contribution is 7.15. The number of nitrogens with zero attached hydrogens (tertiary/aromatic N) is 2. The van der Waals surface area contributed by atoms with Crippen molar-refractivity contribution in [1.82, 2.24) is 14.7 Å². The normalized spacial score (nSPS) is 11.7. The molecule has 0 bridgehead atoms. The fraction of sp³-hybridized carbons (Fsp3) is 0.107. The number of ether oxygens (including phenoxy) is 1. The van der Waals surface area contributed by atoms with Crippen LogP contribution in [0.4, 0.5) is 10.5 Å². The summed E-state index contributed by atoms with van der Waals surface area (Å²) in [4.78, 5) is 31.2. The lowest BCUT2D eigenvalue weighted by molar-refractivity contribution is -0.118. The van der Waals surface area contributed by atoms with Crippen LogP contribution in [-0.4, -0.2) is 27.4 Å². The molecule has 5 rings (SSSR count). The zero-order chi connectivity index (χ0) is 24.7. The Morgan fingerprint density at radius 2 is 1.61 bits per heavy atom. The summed E-state index contributed by atoms with van der Waals surface area (Å²) in [6.45, 7) is 0.125. The van der Waals surface area contributed by atoms with Crippen molar-refractivity contribution in [3.05, 3.63) is 114 Å². The van der Waals surface area contributed by atoms with Crippen LogP contribution in [0.15, 0.2) is 103 Å². The summed E-state index contributed by atoms with van der Waals surface area (Å²) >= 11 is 1.58. The minimum atomic E-state index is -0.810. The van der Waals surface area contributed by atoms with Crippen LogP contribution in [0.25, 0.3) is 16.2 Å². The molecule has 2 heterocycles. The van der Waals surface area contributed by atoms with Crippen LogP contribution >= 0.6 is 11.3 Å². The van der Waals surface area contributed by atoms with Gasteiger partial charge in [-0.15, -0.1) is 11.3 Å². The Hall–Kier alpha value is -4.43. The van der Waals surface area contributed by atoms with Crippen molar-refractivity contribution in [2.75, 3.05) is 5.32 Å². The molecule has 0 saturated carbocycles. The summed E-state index contributed by atoms with van der Waals surface area (Å²) in [5.74, 6) is -0.328. The Labute approximate surface area is 212 Å². The third-order valence-electron chi connectivity index (χ3n) is 5.65. The Morgan fingerprint density at radius 3 is 2.31 bits per heavy atom. The summed E-state index contributed by atoms with van der Waals surface area (Å²) < 4.78 is 7.32. The van der Waals surface area contributed by atoms with E-state index in [2.05, 4.69) is 15.6 Å². The molecule has 0 saturated heterocycles. The number of hydrogen-bond acceptors (Lipinski definition) is 5. The van der Waals surface area contributed by atoms with Gasteiger partial charge in [0.1, 0.15) is 12.6 Å². The minimum absolute atomic E-state index is 0.125. The van der Waals surface area contributed by atoms with E-state index in [1.165, 1.54) is 0 Å². The van der Waals surface area contributed by atoms with Crippen LogP contribution in [0.1, 0.15) is 11.1 Å². The minimum Gasteiger partial charge on any atom is -0.445 e. The van der Waals surface area contributed by atoms with Crippen molar-refractivity contribution in [2.24, 2.45) is 0 Å². The highest BCUT2D eigenvalue weighted by Gasteiger charge is 2.22. The molecule has 0 fully saturated rings. The second kappa shape index (κ2) is 10.9. The number of aromatic nitrogens is 2. The largest absolute Gasteiger partial charge is 0.445 e. The van der Waals surface area contributed by atoms with E-state index in [0.29, 0.717) is 12.1 Å². The Bertz CT molecular complexity index is 1420. The van der Waals surface area contributed by atoms with Gasteiger partial charge in [-0.25, -0.2) is 9.78 Å². The maximum Gasteiger partial charge on any atom is 0.408 e. The zero-order valence-electron chi connectivity index (χ0n) is 19.3. The van der Waals surface area contributed by atoms with Gasteiger partial charge in [0.25, 0.3) is 0 Å². The molecule has 7 nitrogen and oxygen atoms in total. The highest BCUT2D eigenvalue weighted by Crippen LogP contribution is 2.23. The lowest BCUT2D eigenvalue weighted by atomic mass is 10.1. The zero-order valence-corrected chi connectivity index (χ0v) is 20.2. The monoisotopic (exact) mass is 496 g/mol. The molecule has 2 N–H and O–H groups in total. The van der Waals surface area contributed by atoms with Crippen LogP contribution < -0.4 is 10.6 Å². The molecular weight excluding hydrogens is 472 g/mol. The predicted molar refractivity (Wildman–Crippen MR) is 141 cm³/mol. The smallest absolute Gasteiger partial charge is 0.408 e. The number of rotatable bonds is 8. The van der Waals surface area contributed by atoms with Gasteiger partial charge < -0.3 is 15.4 Å². The number of nitrogens with one attached hydrogen (secondary N) is 2. The van der Waals surface area contributed by atoms with Gasteiger partial charge in [-0.1, -0.05) is 72.8 Å². The molecule has 0 spiro atoms. The Morgan fingerprint density at radius 1 is 0.917 bits per heavy atom. The second-order valence-electron chi connectivity index (χ2n) is 8.23. The molecule has 36 heavy (non-hydrogen) atoms. The average Bonchev–Trinajstić information content (AvgIpc) is 3.52. The second-order valence-corrected chi connectivity index (χ2v) is 9.11. The van der Waals surface area contributed by atoms with Gasteiger partial charge in [0.15, 0.2) is 4.96 Å². The number of hydrogen-bond donors (Lipinski definition) is 2. The van der Waals surface area contributed by atoms with Crippen LogP contribution in [0, 0.1) is 0 Å². The molecule has 180 valence electrons. The first-order valence-corrected chi connectivity index (χ1v) is 12.4. The number of thiazole rings is 1. The average molecular weight is 497 g/mol. The van der Waals surface area contributed by atoms with E-state index in [1.807, 2.05) is 107 Å². The maximum atomic E-state index is 13.2. The molecule has 0 aliphatic carbocycles. The summed E-state index contributed by atoms with van der Waals surface area (Å²) in [7, 11) is 0. The number of benzene rings is 3. The van der Waals surface area contributed by atoms with Gasteiger partial charge in [0.05, 0.1) is 5.69 Å². The topological polar surface area (TPSA) is 84.7 Å². The molecule has 0 unspecified atom stereocenters. The molecule has 0 radical (unpaired) electrons. The number of anilines is 1. The number of carbonyl (C=O) groups is 2. The molecule has 5 aromatic rings. The maximum absolute atomic E-state index is 13.2. The molecule has 0 aliphatic rings. The third kappa shape index (κ3) is 5.79. The number of alkyl carbamates (subject to hydrolysis) is 1. The highest BCUT2D eigenvalue weighted by atomic mass is 32.1. The van der Waals surface area contributed by atoms with Gasteiger partial charge in [-0.05, 0) is 23.3 Å². The van der Waals surface area contributed by atoms with Gasteiger partial charge in [-0.2, -0.15) is 0 Å². The van der Waals surface area contributed by atoms with Crippen molar-refractivity contribution in [3.63, 3.8) is 0 Å². The molecule has 8 heteroatoms. The summed E-state index contributed by atoms with van der Waals surface area (Å²) in [5, 5.41) is 7.62. The number of fused-ring (bicyclic) bond motifs is 1. The van der Waals surface area contributed by atoms with Crippen molar-refractivity contribution >= 4 is 34.0 Å². The standard InChI is InChI=1S/C28H24N4O3S/c33-26(29-23-13-11-22(12-14-23)25-18-32-15-16-36-27(32)30-25)24(17-20-7-3-1-4-8-20)31-28(34)35-19-21-9-5-2-6-10-21/h1-16,18,24H,17,19H2,(H,29,33)(H,31,34)/t24-/m0/s1. The number of imidazole rings is 1. The Kier molecular flexibility index (Phi) is 7.05. The van der Waals surface area contributed by atoms with Crippen molar-refractivity contribution in [3.8, 4) is 11.3 Å². The molecule has 0 aliphatic heterocycles. The Balaban J connectivity index is 1.25. The van der Waals surface area contributed by atoms with E-state index >= 15 is 0 Å². The van der Waals surface area contributed by atoms with Crippen LogP contribution in [-0.2, 0) is 22.6 Å². The third-order valence-corrected chi connectivity index (χ3v) is 6.42. The molecular formula is C28H24N4O3S. The van der Waals surface area contributed by atoms with E-state index in [1.54, 1.807) is 11.3 Å². The van der Waals surface area contributed by atoms with Crippen molar-refractivity contribution in [2.45, 2.75) is 19.1 Å². The molecule has 1 atom stereocenters. The summed E-state index contributed by atoms with van der Waals surface area (Å²) in [6.07, 6.45) is 3.62. The van der Waals surface area contributed by atoms with Gasteiger partial charge in [0, 0.05) is 35.4 Å². The van der Waals surface area contributed by atoms with E-state index < -0.39 is 12.1 Å². The number of amides is 2. The number of carbonyl (C=O) groups excluding carboxylic acids is 2. The quantitative estimate of drug-likeness (QED) is 0.295. The summed E-state index contributed by atoms with van der Waals surface area (Å²) in [5.41, 5.74) is 4.24. The lowest BCUT2D eigenvalue weighted by Gasteiger charge is -2.19. The van der Waals surface area contributed by atoms with Crippen molar-refractivity contribution < 1.29 is 14.3 Å². The molecule has 3 aromatic carbocycles. The lowest BCUT2D eigenvalue weighted by Crippen LogP contribution is -2.45. The van der Waals surface area contributed by atoms with E-state index in [9.17, 15) is 9.59 Å². The van der Waals surface area contributed by atoms with E-state index in [4.69, 9.17) is 4.74 Å².